The zero-order chi connectivity index (χ0) is 12.8. The van der Waals surface area contributed by atoms with Gasteiger partial charge in [-0.15, -0.1) is 0 Å². The van der Waals surface area contributed by atoms with Gasteiger partial charge in [-0.05, 0) is 19.1 Å². The summed E-state index contributed by atoms with van der Waals surface area (Å²) in [5.41, 5.74) is 2.44. The molecule has 6 heteroatoms. The fourth-order valence-electron chi connectivity index (χ4n) is 1.20. The molecule has 0 radical (unpaired) electrons. The number of methoxy groups -OCH3 is 1. The molecule has 0 bridgehead atoms. The van der Waals surface area contributed by atoms with Crippen molar-refractivity contribution in [2.24, 2.45) is 5.84 Å². The lowest BCUT2D eigenvalue weighted by molar-refractivity contribution is -0.127. The van der Waals surface area contributed by atoms with Gasteiger partial charge in [0.2, 0.25) is 0 Å². The van der Waals surface area contributed by atoms with Crippen molar-refractivity contribution in [1.29, 1.82) is 5.26 Å². The van der Waals surface area contributed by atoms with E-state index in [1.165, 1.54) is 13.2 Å². The van der Waals surface area contributed by atoms with Gasteiger partial charge in [0.15, 0.2) is 17.6 Å². The first-order chi connectivity index (χ1) is 8.12. The lowest BCUT2D eigenvalue weighted by atomic mass is 10.2. The first kappa shape index (κ1) is 12.8. The highest BCUT2D eigenvalue weighted by Crippen LogP contribution is 2.28. The van der Waals surface area contributed by atoms with E-state index in [9.17, 15) is 4.79 Å². The Kier molecular flexibility index (Phi) is 4.31. The molecule has 3 N–H and O–H groups in total. The molecule has 0 heterocycles. The lowest BCUT2D eigenvalue weighted by Gasteiger charge is -2.15. The van der Waals surface area contributed by atoms with E-state index in [1.807, 2.05) is 11.5 Å². The van der Waals surface area contributed by atoms with Crippen molar-refractivity contribution in [3.05, 3.63) is 23.8 Å². The lowest BCUT2D eigenvalue weighted by Crippen LogP contribution is -2.40. The highest BCUT2D eigenvalue weighted by molar-refractivity contribution is 5.80. The molecule has 0 aliphatic heterocycles. The summed E-state index contributed by atoms with van der Waals surface area (Å²) in [6.07, 6.45) is -0.748. The van der Waals surface area contributed by atoms with Crippen LogP contribution >= 0.6 is 0 Å². The second-order valence-corrected chi connectivity index (χ2v) is 3.25. The van der Waals surface area contributed by atoms with Crippen LogP contribution in [0.4, 0.5) is 0 Å². The Morgan fingerprint density at radius 1 is 1.53 bits per heavy atom. The van der Waals surface area contributed by atoms with E-state index in [0.717, 1.165) is 0 Å². The van der Waals surface area contributed by atoms with Crippen LogP contribution in [0, 0.1) is 11.3 Å². The summed E-state index contributed by atoms with van der Waals surface area (Å²) in [7, 11) is 1.46. The molecule has 0 saturated heterocycles. The van der Waals surface area contributed by atoms with E-state index in [2.05, 4.69) is 0 Å². The topological polar surface area (TPSA) is 97.4 Å². The van der Waals surface area contributed by atoms with Crippen LogP contribution in [0.3, 0.4) is 0 Å². The molecule has 1 aromatic rings. The molecule has 0 aliphatic carbocycles. The predicted molar refractivity (Wildman–Crippen MR) is 60.1 cm³/mol. The van der Waals surface area contributed by atoms with Gasteiger partial charge in [0.05, 0.1) is 18.7 Å². The van der Waals surface area contributed by atoms with Crippen molar-refractivity contribution in [3.8, 4) is 17.6 Å². The van der Waals surface area contributed by atoms with Crippen molar-refractivity contribution in [3.63, 3.8) is 0 Å². The number of nitrogens with two attached hydrogens (primary N) is 1. The monoisotopic (exact) mass is 235 g/mol. The third-order valence-corrected chi connectivity index (χ3v) is 2.11. The second kappa shape index (κ2) is 5.72. The van der Waals surface area contributed by atoms with Gasteiger partial charge in [0.1, 0.15) is 0 Å². The van der Waals surface area contributed by atoms with E-state index in [0.29, 0.717) is 17.1 Å². The normalized spacial score (nSPS) is 11.2. The van der Waals surface area contributed by atoms with E-state index in [1.54, 1.807) is 19.1 Å². The summed E-state index contributed by atoms with van der Waals surface area (Å²) in [4.78, 5) is 11.2. The molecule has 1 amide bonds. The van der Waals surface area contributed by atoms with Crippen molar-refractivity contribution in [2.45, 2.75) is 13.0 Å². The Labute approximate surface area is 98.9 Å². The van der Waals surface area contributed by atoms with Gasteiger partial charge in [-0.1, -0.05) is 0 Å². The maximum atomic E-state index is 11.2. The molecular formula is C11H13N3O3. The molecule has 1 unspecified atom stereocenters. The number of hydrogen-bond donors (Lipinski definition) is 2. The molecule has 0 saturated carbocycles. The molecule has 0 aromatic heterocycles. The summed E-state index contributed by atoms with van der Waals surface area (Å²) in [5, 5.41) is 8.73. The Bertz CT molecular complexity index is 454. The number of benzene rings is 1. The smallest absolute Gasteiger partial charge is 0.274 e. The van der Waals surface area contributed by atoms with Crippen LogP contribution in [0.1, 0.15) is 12.5 Å². The number of rotatable bonds is 4. The minimum Gasteiger partial charge on any atom is -0.493 e. The van der Waals surface area contributed by atoms with Gasteiger partial charge in [0, 0.05) is 6.07 Å². The van der Waals surface area contributed by atoms with Gasteiger partial charge in [-0.3, -0.25) is 10.2 Å². The number of carbonyl (C=O) groups excluding carboxylic acids is 1. The minimum atomic E-state index is -0.748. The Morgan fingerprint density at radius 2 is 2.24 bits per heavy atom. The van der Waals surface area contributed by atoms with E-state index in [-0.39, 0.29) is 0 Å². The molecule has 1 atom stereocenters. The summed E-state index contributed by atoms with van der Waals surface area (Å²) in [5.74, 6) is 5.31. The number of amides is 1. The van der Waals surface area contributed by atoms with Crippen LogP contribution in [-0.4, -0.2) is 19.1 Å². The number of nitrogens with one attached hydrogen (secondary N) is 1. The molecular weight excluding hydrogens is 222 g/mol. The summed E-state index contributed by atoms with van der Waals surface area (Å²) in [6, 6.07) is 6.65. The second-order valence-electron chi connectivity index (χ2n) is 3.25. The van der Waals surface area contributed by atoms with Crippen LogP contribution < -0.4 is 20.7 Å². The fourth-order valence-corrected chi connectivity index (χ4v) is 1.20. The zero-order valence-electron chi connectivity index (χ0n) is 9.56. The van der Waals surface area contributed by atoms with Crippen LogP contribution in [-0.2, 0) is 4.79 Å². The molecule has 90 valence electrons. The quantitative estimate of drug-likeness (QED) is 0.445. The maximum absolute atomic E-state index is 11.2. The highest BCUT2D eigenvalue weighted by atomic mass is 16.5. The standard InChI is InChI=1S/C11H13N3O3/c1-7(11(15)14-13)17-9-4-3-8(6-12)5-10(9)16-2/h3-5,7H,13H2,1-2H3,(H,14,15). The third-order valence-electron chi connectivity index (χ3n) is 2.11. The molecule has 6 nitrogen and oxygen atoms in total. The van der Waals surface area contributed by atoms with Crippen molar-refractivity contribution in [1.82, 2.24) is 5.43 Å². The van der Waals surface area contributed by atoms with Crippen molar-refractivity contribution >= 4 is 5.91 Å². The third kappa shape index (κ3) is 3.09. The predicted octanol–water partition coefficient (Wildman–Crippen LogP) is 0.324. The molecule has 0 aliphatic rings. The van der Waals surface area contributed by atoms with Crippen molar-refractivity contribution < 1.29 is 14.3 Å². The largest absolute Gasteiger partial charge is 0.493 e. The van der Waals surface area contributed by atoms with Gasteiger partial charge < -0.3 is 9.47 Å². The van der Waals surface area contributed by atoms with E-state index < -0.39 is 12.0 Å². The van der Waals surface area contributed by atoms with Gasteiger partial charge in [-0.25, -0.2) is 5.84 Å². The van der Waals surface area contributed by atoms with Crippen molar-refractivity contribution in [2.75, 3.05) is 7.11 Å². The average Bonchev–Trinajstić information content (AvgIpc) is 2.37. The minimum absolute atomic E-state index is 0.377. The van der Waals surface area contributed by atoms with Crippen LogP contribution in [0.15, 0.2) is 18.2 Å². The first-order valence-corrected chi connectivity index (χ1v) is 4.87. The molecule has 1 aromatic carbocycles. The number of carbonyl (C=O) groups is 1. The summed E-state index contributed by atoms with van der Waals surface area (Å²) < 4.78 is 10.4. The average molecular weight is 235 g/mol. The summed E-state index contributed by atoms with van der Waals surface area (Å²) >= 11 is 0. The number of ether oxygens (including phenoxy) is 2. The number of nitriles is 1. The molecule has 1 rings (SSSR count). The highest BCUT2D eigenvalue weighted by Gasteiger charge is 2.15. The molecule has 0 fully saturated rings. The summed E-state index contributed by atoms with van der Waals surface area (Å²) in [6.45, 7) is 1.56. The van der Waals surface area contributed by atoms with Gasteiger partial charge >= 0.3 is 0 Å². The molecule has 0 spiro atoms. The van der Waals surface area contributed by atoms with Crippen LogP contribution in [0.2, 0.25) is 0 Å². The Hall–Kier alpha value is -2.26. The zero-order valence-corrected chi connectivity index (χ0v) is 9.56. The number of nitrogens with zero attached hydrogens (tertiary/aromatic N) is 1. The fraction of sp³-hybridized carbons (Fsp3) is 0.273. The SMILES string of the molecule is COc1cc(C#N)ccc1OC(C)C(=O)NN. The van der Waals surface area contributed by atoms with Crippen LogP contribution in [0.5, 0.6) is 11.5 Å². The Morgan fingerprint density at radius 3 is 2.76 bits per heavy atom. The van der Waals surface area contributed by atoms with Gasteiger partial charge in [-0.2, -0.15) is 5.26 Å². The number of hydrogen-bond acceptors (Lipinski definition) is 5. The number of hydrazine groups is 1. The van der Waals surface area contributed by atoms with E-state index >= 15 is 0 Å². The Balaban J connectivity index is 2.91. The van der Waals surface area contributed by atoms with Crippen LogP contribution in [0.25, 0.3) is 0 Å². The first-order valence-electron chi connectivity index (χ1n) is 4.87. The van der Waals surface area contributed by atoms with E-state index in [4.69, 9.17) is 20.6 Å². The maximum Gasteiger partial charge on any atom is 0.274 e. The molecule has 17 heavy (non-hydrogen) atoms. The van der Waals surface area contributed by atoms with Gasteiger partial charge in [0.25, 0.3) is 5.91 Å².